The number of carbonyl (C=O) groups is 2. The van der Waals surface area contributed by atoms with Crippen LogP contribution in [-0.4, -0.2) is 23.7 Å². The topological polar surface area (TPSA) is 98.5 Å². The Bertz CT molecular complexity index is 1170. The van der Waals surface area contributed by atoms with Gasteiger partial charge in [-0.1, -0.05) is 30.3 Å². The van der Waals surface area contributed by atoms with Crippen molar-refractivity contribution in [2.75, 3.05) is 12.4 Å². The first-order valence-electron chi connectivity index (χ1n) is 9.40. The van der Waals surface area contributed by atoms with Crippen molar-refractivity contribution in [3.8, 4) is 5.75 Å². The zero-order valence-corrected chi connectivity index (χ0v) is 17.0. The van der Waals surface area contributed by atoms with Gasteiger partial charge in [0.05, 0.1) is 12.0 Å². The number of nitrogens with one attached hydrogen (secondary N) is 1. The summed E-state index contributed by atoms with van der Waals surface area (Å²) < 4.78 is 5.08. The molecule has 0 unspecified atom stereocenters. The van der Waals surface area contributed by atoms with Crippen molar-refractivity contribution in [1.82, 2.24) is 0 Å². The Kier molecular flexibility index (Phi) is 6.57. The molecule has 31 heavy (non-hydrogen) atoms. The maximum Gasteiger partial charge on any atom is 0.273 e. The molecule has 0 aliphatic rings. The van der Waals surface area contributed by atoms with E-state index in [4.69, 9.17) is 4.74 Å². The van der Waals surface area contributed by atoms with Crippen LogP contribution < -0.4 is 10.1 Å². The lowest BCUT2D eigenvalue weighted by Gasteiger charge is -2.07. The average molecular weight is 416 g/mol. The normalized spacial score (nSPS) is 10.6. The number of rotatable bonds is 7. The maximum atomic E-state index is 12.4. The fraction of sp³-hybridized carbons (Fsp3) is 0.0833. The molecule has 156 valence electrons. The summed E-state index contributed by atoms with van der Waals surface area (Å²) in [6, 6.07) is 18.1. The minimum absolute atomic E-state index is 0.0949. The first-order chi connectivity index (χ1) is 14.9. The molecule has 0 heterocycles. The number of methoxy groups -OCH3 is 1. The number of carbonyl (C=O) groups excluding carboxylic acids is 2. The molecule has 0 bridgehead atoms. The summed E-state index contributed by atoms with van der Waals surface area (Å²) in [6.07, 6.45) is 2.94. The molecule has 1 amide bonds. The van der Waals surface area contributed by atoms with Crippen LogP contribution in [0.2, 0.25) is 0 Å². The summed E-state index contributed by atoms with van der Waals surface area (Å²) in [6.45, 7) is 1.62. The van der Waals surface area contributed by atoms with E-state index in [1.807, 2.05) is 0 Å². The van der Waals surface area contributed by atoms with E-state index in [9.17, 15) is 19.7 Å². The molecule has 3 rings (SSSR count). The molecule has 7 nitrogen and oxygen atoms in total. The van der Waals surface area contributed by atoms with Crippen molar-refractivity contribution in [1.29, 1.82) is 0 Å². The number of nitro groups is 1. The summed E-state index contributed by atoms with van der Waals surface area (Å²) in [5.74, 6) is 0.0369. The van der Waals surface area contributed by atoms with Crippen LogP contribution in [0.15, 0.2) is 72.8 Å². The molecule has 1 N–H and O–H groups in total. The van der Waals surface area contributed by atoms with Gasteiger partial charge in [-0.2, -0.15) is 0 Å². The van der Waals surface area contributed by atoms with Gasteiger partial charge in [-0.25, -0.2) is 0 Å². The Labute approximate surface area is 179 Å². The third-order valence-corrected chi connectivity index (χ3v) is 4.61. The second-order valence-electron chi connectivity index (χ2n) is 6.76. The Morgan fingerprint density at radius 1 is 1.00 bits per heavy atom. The van der Waals surface area contributed by atoms with Gasteiger partial charge in [0, 0.05) is 28.4 Å². The molecular weight excluding hydrogens is 396 g/mol. The summed E-state index contributed by atoms with van der Waals surface area (Å²) >= 11 is 0. The van der Waals surface area contributed by atoms with Crippen molar-refractivity contribution in [2.24, 2.45) is 0 Å². The van der Waals surface area contributed by atoms with Crippen LogP contribution in [0.1, 0.15) is 31.8 Å². The molecule has 0 saturated carbocycles. The van der Waals surface area contributed by atoms with Crippen LogP contribution in [0.25, 0.3) is 6.08 Å². The lowest BCUT2D eigenvalue weighted by atomic mass is 10.1. The molecular formula is C24H20N2O5. The highest BCUT2D eigenvalue weighted by molar-refractivity contribution is 6.07. The van der Waals surface area contributed by atoms with E-state index >= 15 is 0 Å². The number of anilines is 1. The number of benzene rings is 3. The zero-order valence-electron chi connectivity index (χ0n) is 17.0. The van der Waals surface area contributed by atoms with Crippen LogP contribution in [0, 0.1) is 17.0 Å². The summed E-state index contributed by atoms with van der Waals surface area (Å²) in [7, 11) is 1.55. The SMILES string of the molecule is COc1ccc(C(=O)Nc2cccc(/C=C/C(=O)c3ccc(C)c([N+](=O)[O-])c3)c2)cc1. The van der Waals surface area contributed by atoms with E-state index in [-0.39, 0.29) is 22.9 Å². The molecule has 0 aliphatic carbocycles. The van der Waals surface area contributed by atoms with E-state index in [1.165, 1.54) is 12.1 Å². The Morgan fingerprint density at radius 2 is 1.71 bits per heavy atom. The molecule has 0 aliphatic heterocycles. The van der Waals surface area contributed by atoms with E-state index in [0.29, 0.717) is 28.1 Å². The standard InChI is InChI=1S/C24H20N2O5/c1-16-6-8-19(15-22(16)26(29)30)23(27)13-7-17-4-3-5-20(14-17)25-24(28)18-9-11-21(31-2)12-10-18/h3-15H,1-2H3,(H,25,28)/b13-7+. The minimum atomic E-state index is -0.509. The smallest absolute Gasteiger partial charge is 0.273 e. The second-order valence-corrected chi connectivity index (χ2v) is 6.76. The van der Waals surface area contributed by atoms with Gasteiger partial charge in [-0.3, -0.25) is 19.7 Å². The highest BCUT2D eigenvalue weighted by Gasteiger charge is 2.13. The van der Waals surface area contributed by atoms with Gasteiger partial charge in [0.25, 0.3) is 11.6 Å². The predicted octanol–water partition coefficient (Wildman–Crippen LogP) is 5.06. The van der Waals surface area contributed by atoms with Crippen molar-refractivity contribution in [2.45, 2.75) is 6.92 Å². The maximum absolute atomic E-state index is 12.4. The molecule has 0 saturated heterocycles. The number of nitro benzene ring substituents is 1. The van der Waals surface area contributed by atoms with Gasteiger partial charge in [0.1, 0.15) is 5.75 Å². The Morgan fingerprint density at radius 3 is 2.39 bits per heavy atom. The predicted molar refractivity (Wildman–Crippen MR) is 119 cm³/mol. The van der Waals surface area contributed by atoms with Crippen LogP contribution in [0.4, 0.5) is 11.4 Å². The largest absolute Gasteiger partial charge is 0.497 e. The second kappa shape index (κ2) is 9.49. The molecule has 0 atom stereocenters. The van der Waals surface area contributed by atoms with Crippen molar-refractivity contribution >= 4 is 29.1 Å². The first kappa shape index (κ1) is 21.4. The van der Waals surface area contributed by atoms with Gasteiger partial charge in [-0.15, -0.1) is 0 Å². The lowest BCUT2D eigenvalue weighted by molar-refractivity contribution is -0.385. The quantitative estimate of drug-likeness (QED) is 0.251. The van der Waals surface area contributed by atoms with Gasteiger partial charge < -0.3 is 10.1 Å². The molecule has 3 aromatic carbocycles. The van der Waals surface area contributed by atoms with E-state index in [1.54, 1.807) is 80.8 Å². The molecule has 3 aromatic rings. The molecule has 0 aromatic heterocycles. The monoisotopic (exact) mass is 416 g/mol. The van der Waals surface area contributed by atoms with Crippen molar-refractivity contribution in [3.63, 3.8) is 0 Å². The van der Waals surface area contributed by atoms with E-state index in [0.717, 1.165) is 0 Å². The van der Waals surface area contributed by atoms with Gasteiger partial charge in [-0.05, 0) is 55.0 Å². The molecule has 0 spiro atoms. The number of ketones is 1. The third kappa shape index (κ3) is 5.42. The van der Waals surface area contributed by atoms with Gasteiger partial charge in [0.2, 0.25) is 0 Å². The fourth-order valence-electron chi connectivity index (χ4n) is 2.89. The fourth-order valence-corrected chi connectivity index (χ4v) is 2.89. The highest BCUT2D eigenvalue weighted by Crippen LogP contribution is 2.20. The number of ether oxygens (including phenoxy) is 1. The summed E-state index contributed by atoms with van der Waals surface area (Å²) in [5, 5.41) is 13.9. The number of hydrogen-bond donors (Lipinski definition) is 1. The summed E-state index contributed by atoms with van der Waals surface area (Å²) in [4.78, 5) is 35.4. The Balaban J connectivity index is 1.71. The van der Waals surface area contributed by atoms with E-state index in [2.05, 4.69) is 5.32 Å². The number of hydrogen-bond acceptors (Lipinski definition) is 5. The number of aryl methyl sites for hydroxylation is 1. The molecule has 0 radical (unpaired) electrons. The number of allylic oxidation sites excluding steroid dienone is 1. The van der Waals surface area contributed by atoms with Gasteiger partial charge >= 0.3 is 0 Å². The minimum Gasteiger partial charge on any atom is -0.497 e. The van der Waals surface area contributed by atoms with Crippen LogP contribution in [0.3, 0.4) is 0 Å². The number of nitrogens with zero attached hydrogens (tertiary/aromatic N) is 1. The number of amides is 1. The molecule has 0 fully saturated rings. The third-order valence-electron chi connectivity index (χ3n) is 4.61. The lowest BCUT2D eigenvalue weighted by Crippen LogP contribution is -2.11. The highest BCUT2D eigenvalue weighted by atomic mass is 16.6. The van der Waals surface area contributed by atoms with Crippen LogP contribution in [0.5, 0.6) is 5.75 Å². The first-order valence-corrected chi connectivity index (χ1v) is 9.40. The van der Waals surface area contributed by atoms with Crippen molar-refractivity contribution < 1.29 is 19.2 Å². The van der Waals surface area contributed by atoms with Crippen molar-refractivity contribution in [3.05, 3.63) is 105 Å². The average Bonchev–Trinajstić information content (AvgIpc) is 2.78. The molecule has 7 heteroatoms. The Hall–Kier alpha value is -4.26. The van der Waals surface area contributed by atoms with E-state index < -0.39 is 4.92 Å². The van der Waals surface area contributed by atoms with Crippen LogP contribution >= 0.6 is 0 Å². The van der Waals surface area contributed by atoms with Crippen LogP contribution in [-0.2, 0) is 0 Å². The van der Waals surface area contributed by atoms with Gasteiger partial charge in [0.15, 0.2) is 5.78 Å². The zero-order chi connectivity index (χ0) is 22.4. The summed E-state index contributed by atoms with van der Waals surface area (Å²) in [5.41, 5.74) is 2.38.